The number of hydrogen-bond donors (Lipinski definition) is 2. The molecule has 176 valence electrons. The summed E-state index contributed by atoms with van der Waals surface area (Å²) in [5.41, 5.74) is 1.24. The van der Waals surface area contributed by atoms with E-state index in [1.165, 1.54) is 0 Å². The second kappa shape index (κ2) is 9.74. The third-order valence-electron chi connectivity index (χ3n) is 5.57. The van der Waals surface area contributed by atoms with Crippen molar-refractivity contribution in [2.75, 3.05) is 26.3 Å². The molecule has 34 heavy (non-hydrogen) atoms. The fourth-order valence-electron chi connectivity index (χ4n) is 3.96. The summed E-state index contributed by atoms with van der Waals surface area (Å²) < 4.78 is 10.2. The van der Waals surface area contributed by atoms with Crippen molar-refractivity contribution in [1.82, 2.24) is 15.5 Å². The van der Waals surface area contributed by atoms with Crippen LogP contribution in [0, 0.1) is 0 Å². The van der Waals surface area contributed by atoms with E-state index < -0.39 is 29.8 Å². The summed E-state index contributed by atoms with van der Waals surface area (Å²) in [5, 5.41) is 6.38. The SMILES string of the molecule is CCOC(=O)C1=C(COC(=O)CCCN2C(=O)c3cccc4cccc(c34)C2=O)NC(=O)NC1. The molecule has 2 aliphatic rings. The quantitative estimate of drug-likeness (QED) is 0.450. The fourth-order valence-corrected chi connectivity index (χ4v) is 3.96. The van der Waals surface area contributed by atoms with E-state index in [9.17, 15) is 24.0 Å². The molecule has 0 radical (unpaired) electrons. The Bertz CT molecular complexity index is 1180. The maximum Gasteiger partial charge on any atom is 0.337 e. The molecule has 10 heteroatoms. The summed E-state index contributed by atoms with van der Waals surface area (Å²) in [6, 6.07) is 10.1. The first kappa shape index (κ1) is 23.0. The summed E-state index contributed by atoms with van der Waals surface area (Å²) in [6.45, 7) is 1.53. The van der Waals surface area contributed by atoms with Crippen molar-refractivity contribution in [2.45, 2.75) is 19.8 Å². The molecule has 2 heterocycles. The average Bonchev–Trinajstić information content (AvgIpc) is 2.83. The molecule has 0 aliphatic carbocycles. The molecule has 0 saturated carbocycles. The van der Waals surface area contributed by atoms with Crippen LogP contribution in [0.25, 0.3) is 10.8 Å². The number of hydrogen-bond acceptors (Lipinski definition) is 7. The van der Waals surface area contributed by atoms with Gasteiger partial charge in [-0.15, -0.1) is 0 Å². The van der Waals surface area contributed by atoms with Crippen molar-refractivity contribution < 1.29 is 33.4 Å². The van der Waals surface area contributed by atoms with Crippen LogP contribution in [0.15, 0.2) is 47.7 Å². The average molecular weight is 465 g/mol. The maximum absolute atomic E-state index is 12.9. The smallest absolute Gasteiger partial charge is 0.337 e. The molecule has 4 amide bonds. The van der Waals surface area contributed by atoms with Gasteiger partial charge in [-0.2, -0.15) is 0 Å². The van der Waals surface area contributed by atoms with Gasteiger partial charge in [0.1, 0.15) is 6.61 Å². The molecule has 2 aromatic rings. The molecular formula is C24H23N3O7. The molecule has 0 unspecified atom stereocenters. The van der Waals surface area contributed by atoms with Crippen LogP contribution in [0.3, 0.4) is 0 Å². The zero-order valence-corrected chi connectivity index (χ0v) is 18.5. The van der Waals surface area contributed by atoms with Crippen LogP contribution in [0.2, 0.25) is 0 Å². The van der Waals surface area contributed by atoms with Gasteiger partial charge in [-0.25, -0.2) is 9.59 Å². The predicted molar refractivity (Wildman–Crippen MR) is 120 cm³/mol. The number of nitrogens with one attached hydrogen (secondary N) is 2. The number of carbonyl (C=O) groups is 5. The molecule has 0 saturated heterocycles. The minimum Gasteiger partial charge on any atom is -0.463 e. The zero-order valence-electron chi connectivity index (χ0n) is 18.5. The second-order valence-corrected chi connectivity index (χ2v) is 7.72. The number of nitrogens with zero attached hydrogens (tertiary/aromatic N) is 1. The number of urea groups is 1. The Labute approximate surface area is 194 Å². The molecule has 0 aromatic heterocycles. The summed E-state index contributed by atoms with van der Waals surface area (Å²) in [5.74, 6) is -2.00. The van der Waals surface area contributed by atoms with Crippen LogP contribution in [-0.2, 0) is 19.1 Å². The number of benzene rings is 2. The van der Waals surface area contributed by atoms with Gasteiger partial charge in [0.05, 0.1) is 24.4 Å². The third kappa shape index (κ3) is 4.47. The van der Waals surface area contributed by atoms with Crippen molar-refractivity contribution in [3.05, 3.63) is 58.8 Å². The Morgan fingerprint density at radius 1 is 1.00 bits per heavy atom. The summed E-state index contributed by atoms with van der Waals surface area (Å²) in [6.07, 6.45) is 0.142. The highest BCUT2D eigenvalue weighted by Crippen LogP contribution is 2.30. The molecule has 0 spiro atoms. The van der Waals surface area contributed by atoms with Gasteiger partial charge in [0.15, 0.2) is 0 Å². The number of carbonyl (C=O) groups excluding carboxylic acids is 5. The molecule has 2 N–H and O–H groups in total. The van der Waals surface area contributed by atoms with Crippen LogP contribution in [0.4, 0.5) is 4.79 Å². The van der Waals surface area contributed by atoms with Gasteiger partial charge >= 0.3 is 18.0 Å². The monoisotopic (exact) mass is 465 g/mol. The van der Waals surface area contributed by atoms with E-state index in [1.807, 2.05) is 12.1 Å². The third-order valence-corrected chi connectivity index (χ3v) is 5.57. The predicted octanol–water partition coefficient (Wildman–Crippen LogP) is 1.89. The Hall–Kier alpha value is -4.21. The van der Waals surface area contributed by atoms with Crippen LogP contribution in [0.1, 0.15) is 40.5 Å². The van der Waals surface area contributed by atoms with Gasteiger partial charge in [-0.3, -0.25) is 19.3 Å². The van der Waals surface area contributed by atoms with Crippen molar-refractivity contribution in [1.29, 1.82) is 0 Å². The molecular weight excluding hydrogens is 442 g/mol. The molecule has 0 atom stereocenters. The van der Waals surface area contributed by atoms with Gasteiger partial charge in [0.25, 0.3) is 11.8 Å². The van der Waals surface area contributed by atoms with Crippen molar-refractivity contribution in [3.63, 3.8) is 0 Å². The number of imide groups is 1. The molecule has 0 bridgehead atoms. The van der Waals surface area contributed by atoms with E-state index in [2.05, 4.69) is 10.6 Å². The molecule has 0 fully saturated rings. The van der Waals surface area contributed by atoms with Crippen LogP contribution < -0.4 is 10.6 Å². The van der Waals surface area contributed by atoms with E-state index in [4.69, 9.17) is 9.47 Å². The highest BCUT2D eigenvalue weighted by Gasteiger charge is 2.32. The van der Waals surface area contributed by atoms with E-state index in [-0.39, 0.29) is 50.4 Å². The molecule has 4 rings (SSSR count). The van der Waals surface area contributed by atoms with Crippen LogP contribution in [0.5, 0.6) is 0 Å². The standard InChI is InChI=1S/C24H23N3O7/c1-2-33-23(31)17-12-25-24(32)26-18(17)13-34-19(28)10-5-11-27-21(29)15-8-3-6-14-7-4-9-16(20(14)15)22(27)30/h3-4,6-9H,2,5,10-13H2,1H3,(H2,25,26,32). The van der Waals surface area contributed by atoms with Crippen molar-refractivity contribution in [3.8, 4) is 0 Å². The minimum absolute atomic E-state index is 0.0367. The van der Waals surface area contributed by atoms with E-state index >= 15 is 0 Å². The number of amides is 4. The van der Waals surface area contributed by atoms with Crippen molar-refractivity contribution in [2.24, 2.45) is 0 Å². The van der Waals surface area contributed by atoms with E-state index in [0.717, 1.165) is 10.3 Å². The van der Waals surface area contributed by atoms with Crippen LogP contribution in [-0.4, -0.2) is 61.0 Å². The second-order valence-electron chi connectivity index (χ2n) is 7.72. The Morgan fingerprint density at radius 2 is 1.68 bits per heavy atom. The lowest BCUT2D eigenvalue weighted by atomic mass is 9.94. The Balaban J connectivity index is 1.35. The lowest BCUT2D eigenvalue weighted by Gasteiger charge is -2.27. The molecule has 10 nitrogen and oxygen atoms in total. The zero-order chi connectivity index (χ0) is 24.2. The summed E-state index contributed by atoms with van der Waals surface area (Å²) in [7, 11) is 0. The van der Waals surface area contributed by atoms with E-state index in [1.54, 1.807) is 31.2 Å². The lowest BCUT2D eigenvalue weighted by molar-refractivity contribution is -0.143. The van der Waals surface area contributed by atoms with Gasteiger partial charge in [0.2, 0.25) is 0 Å². The maximum atomic E-state index is 12.9. The van der Waals surface area contributed by atoms with Gasteiger partial charge in [-0.1, -0.05) is 24.3 Å². The Kier molecular flexibility index (Phi) is 6.58. The highest BCUT2D eigenvalue weighted by molar-refractivity contribution is 6.25. The molecule has 2 aliphatic heterocycles. The highest BCUT2D eigenvalue weighted by atomic mass is 16.5. The number of esters is 2. The van der Waals surface area contributed by atoms with Gasteiger partial charge in [0, 0.05) is 29.5 Å². The first-order valence-electron chi connectivity index (χ1n) is 10.9. The van der Waals surface area contributed by atoms with E-state index in [0.29, 0.717) is 16.5 Å². The lowest BCUT2D eigenvalue weighted by Crippen LogP contribution is -2.45. The number of rotatable bonds is 8. The normalized spacial score (nSPS) is 15.2. The first-order valence-corrected chi connectivity index (χ1v) is 10.9. The van der Waals surface area contributed by atoms with Gasteiger partial charge in [-0.05, 0) is 30.9 Å². The summed E-state index contributed by atoms with van der Waals surface area (Å²) in [4.78, 5) is 62.8. The minimum atomic E-state index is -0.613. The fraction of sp³-hybridized carbons (Fsp3) is 0.292. The Morgan fingerprint density at radius 3 is 2.32 bits per heavy atom. The van der Waals surface area contributed by atoms with Gasteiger partial charge < -0.3 is 20.1 Å². The number of ether oxygens (including phenoxy) is 2. The molecule has 2 aromatic carbocycles. The van der Waals surface area contributed by atoms with Crippen LogP contribution >= 0.6 is 0 Å². The topological polar surface area (TPSA) is 131 Å². The largest absolute Gasteiger partial charge is 0.463 e. The summed E-state index contributed by atoms with van der Waals surface area (Å²) >= 11 is 0. The first-order chi connectivity index (χ1) is 16.4. The van der Waals surface area contributed by atoms with Crippen molar-refractivity contribution >= 4 is 40.6 Å².